The van der Waals surface area contributed by atoms with Crippen molar-refractivity contribution in [2.24, 2.45) is 5.92 Å². The van der Waals surface area contributed by atoms with Gasteiger partial charge in [0.05, 0.1) is 24.3 Å². The minimum atomic E-state index is -0.414. The molecule has 5 rings (SSSR count). The molecule has 0 N–H and O–H groups in total. The largest absolute Gasteiger partial charge is 0.494 e. The number of nitrogens with zero attached hydrogens (tertiary/aromatic N) is 3. The number of aryl methyl sites for hydroxylation is 1. The Kier molecular flexibility index (Phi) is 4.41. The van der Waals surface area contributed by atoms with E-state index < -0.39 is 6.04 Å². The molecular formula is C23H25N3O3. The van der Waals surface area contributed by atoms with Crippen molar-refractivity contribution in [3.8, 4) is 5.75 Å². The van der Waals surface area contributed by atoms with Crippen LogP contribution in [0.2, 0.25) is 0 Å². The molecule has 3 heterocycles. The van der Waals surface area contributed by atoms with Gasteiger partial charge in [-0.25, -0.2) is 14.9 Å². The summed E-state index contributed by atoms with van der Waals surface area (Å²) in [6.07, 6.45) is 1.01. The van der Waals surface area contributed by atoms with E-state index in [2.05, 4.69) is 41.2 Å². The number of carbonyl (C=O) groups is 2. The third-order valence-electron chi connectivity index (χ3n) is 6.23. The number of hydrazine groups is 1. The van der Waals surface area contributed by atoms with E-state index in [0.717, 1.165) is 30.8 Å². The van der Waals surface area contributed by atoms with Crippen LogP contribution in [0, 0.1) is 12.8 Å². The van der Waals surface area contributed by atoms with Crippen molar-refractivity contribution in [1.82, 2.24) is 10.0 Å². The van der Waals surface area contributed by atoms with Gasteiger partial charge >= 0.3 is 0 Å². The fourth-order valence-corrected chi connectivity index (χ4v) is 4.99. The predicted molar refractivity (Wildman–Crippen MR) is 109 cm³/mol. The van der Waals surface area contributed by atoms with Crippen molar-refractivity contribution in [3.05, 3.63) is 59.7 Å². The van der Waals surface area contributed by atoms with E-state index in [-0.39, 0.29) is 23.8 Å². The monoisotopic (exact) mass is 391 g/mol. The van der Waals surface area contributed by atoms with Gasteiger partial charge in [-0.05, 0) is 50.1 Å². The summed E-state index contributed by atoms with van der Waals surface area (Å²) >= 11 is 0. The highest BCUT2D eigenvalue weighted by atomic mass is 16.5. The van der Waals surface area contributed by atoms with Gasteiger partial charge in [0.25, 0.3) is 5.91 Å². The lowest BCUT2D eigenvalue weighted by molar-refractivity contribution is -0.126. The SMILES string of the molecule is CCOc1ccc(N2C(=O)[C@@H]3[C@@H](C2=O)N2CCCN2[C@H]3c2ccc(C)cc2)cc1. The van der Waals surface area contributed by atoms with Crippen molar-refractivity contribution in [1.29, 1.82) is 0 Å². The summed E-state index contributed by atoms with van der Waals surface area (Å²) in [5, 5.41) is 4.37. The van der Waals surface area contributed by atoms with Gasteiger partial charge in [0.1, 0.15) is 11.8 Å². The van der Waals surface area contributed by atoms with Gasteiger partial charge in [0.15, 0.2) is 0 Å². The molecule has 0 aromatic heterocycles. The second kappa shape index (κ2) is 6.97. The molecule has 3 fully saturated rings. The number of hydrogen-bond acceptors (Lipinski definition) is 5. The maximum Gasteiger partial charge on any atom is 0.253 e. The number of anilines is 1. The molecule has 2 aromatic carbocycles. The normalized spacial score (nSPS) is 26.8. The predicted octanol–water partition coefficient (Wildman–Crippen LogP) is 2.93. The number of rotatable bonds is 4. The molecule has 29 heavy (non-hydrogen) atoms. The molecule has 0 radical (unpaired) electrons. The van der Waals surface area contributed by atoms with Crippen molar-refractivity contribution >= 4 is 17.5 Å². The van der Waals surface area contributed by atoms with Crippen LogP contribution in [-0.2, 0) is 9.59 Å². The summed E-state index contributed by atoms with van der Waals surface area (Å²) in [6.45, 7) is 6.26. The maximum atomic E-state index is 13.5. The summed E-state index contributed by atoms with van der Waals surface area (Å²) in [7, 11) is 0. The smallest absolute Gasteiger partial charge is 0.253 e. The molecule has 150 valence electrons. The third kappa shape index (κ3) is 2.78. The molecule has 2 amide bonds. The summed E-state index contributed by atoms with van der Waals surface area (Å²) in [6, 6.07) is 15.1. The highest BCUT2D eigenvalue weighted by molar-refractivity contribution is 6.24. The Balaban J connectivity index is 1.51. The Morgan fingerprint density at radius 3 is 2.21 bits per heavy atom. The quantitative estimate of drug-likeness (QED) is 0.750. The lowest BCUT2D eigenvalue weighted by Crippen LogP contribution is -2.44. The van der Waals surface area contributed by atoms with E-state index in [1.54, 1.807) is 12.1 Å². The van der Waals surface area contributed by atoms with Crippen molar-refractivity contribution in [2.75, 3.05) is 24.6 Å². The number of ether oxygens (including phenoxy) is 1. The van der Waals surface area contributed by atoms with Gasteiger partial charge in [-0.3, -0.25) is 9.59 Å². The molecule has 2 aromatic rings. The second-order valence-corrected chi connectivity index (χ2v) is 7.94. The second-order valence-electron chi connectivity index (χ2n) is 7.94. The lowest BCUT2D eigenvalue weighted by Gasteiger charge is -2.29. The first kappa shape index (κ1) is 18.3. The molecule has 3 aliphatic rings. The average Bonchev–Trinajstić information content (AvgIpc) is 3.36. The van der Waals surface area contributed by atoms with E-state index >= 15 is 0 Å². The van der Waals surface area contributed by atoms with Gasteiger partial charge in [-0.15, -0.1) is 0 Å². The van der Waals surface area contributed by atoms with E-state index in [1.807, 2.05) is 19.1 Å². The molecule has 0 aliphatic carbocycles. The number of fused-ring (bicyclic) bond motifs is 3. The Labute approximate surface area is 170 Å². The molecule has 3 atom stereocenters. The van der Waals surface area contributed by atoms with Crippen LogP contribution >= 0.6 is 0 Å². The fourth-order valence-electron chi connectivity index (χ4n) is 4.99. The topological polar surface area (TPSA) is 53.1 Å². The molecule has 3 saturated heterocycles. The minimum Gasteiger partial charge on any atom is -0.494 e. The van der Waals surface area contributed by atoms with Crippen LogP contribution in [0.15, 0.2) is 48.5 Å². The highest BCUT2D eigenvalue weighted by Gasteiger charge is 2.62. The lowest BCUT2D eigenvalue weighted by atomic mass is 9.89. The number of hydrogen-bond donors (Lipinski definition) is 0. The van der Waals surface area contributed by atoms with Crippen LogP contribution in [0.1, 0.15) is 30.5 Å². The van der Waals surface area contributed by atoms with Crippen LogP contribution in [0.4, 0.5) is 5.69 Å². The summed E-state index contributed by atoms with van der Waals surface area (Å²) < 4.78 is 5.49. The number of carbonyl (C=O) groups excluding carboxylic acids is 2. The third-order valence-corrected chi connectivity index (χ3v) is 6.23. The van der Waals surface area contributed by atoms with E-state index in [0.29, 0.717) is 12.3 Å². The summed E-state index contributed by atoms with van der Waals surface area (Å²) in [5.74, 6) is 0.130. The maximum absolute atomic E-state index is 13.5. The van der Waals surface area contributed by atoms with E-state index in [1.165, 1.54) is 10.5 Å². The van der Waals surface area contributed by atoms with Gasteiger partial charge in [0.2, 0.25) is 5.91 Å². The molecule has 0 saturated carbocycles. The van der Waals surface area contributed by atoms with Crippen LogP contribution in [0.3, 0.4) is 0 Å². The molecule has 3 aliphatic heterocycles. The number of amides is 2. The Morgan fingerprint density at radius 2 is 1.55 bits per heavy atom. The van der Waals surface area contributed by atoms with Crippen LogP contribution in [0.25, 0.3) is 0 Å². The van der Waals surface area contributed by atoms with Gasteiger partial charge in [-0.1, -0.05) is 29.8 Å². The standard InChI is InChI=1S/C23H25N3O3/c1-3-29-18-11-9-17(10-12-18)26-22(27)19-20(16-7-5-15(2)6-8-16)24-13-4-14-25(24)21(19)23(26)28/h5-12,19-21H,3-4,13-14H2,1-2H3/t19-,20-,21-/m0/s1. The Bertz CT molecular complexity index is 941. The zero-order valence-electron chi connectivity index (χ0n) is 16.7. The summed E-state index contributed by atoms with van der Waals surface area (Å²) in [4.78, 5) is 28.3. The number of imide groups is 1. The Morgan fingerprint density at radius 1 is 0.897 bits per heavy atom. The first-order chi connectivity index (χ1) is 14.1. The van der Waals surface area contributed by atoms with Crippen molar-refractivity contribution in [3.63, 3.8) is 0 Å². The van der Waals surface area contributed by atoms with E-state index in [9.17, 15) is 9.59 Å². The van der Waals surface area contributed by atoms with Gasteiger partial charge < -0.3 is 4.74 Å². The van der Waals surface area contributed by atoms with Crippen molar-refractivity contribution in [2.45, 2.75) is 32.4 Å². The molecule has 0 spiro atoms. The van der Waals surface area contributed by atoms with Crippen molar-refractivity contribution < 1.29 is 14.3 Å². The molecule has 6 nitrogen and oxygen atoms in total. The highest BCUT2D eigenvalue weighted by Crippen LogP contribution is 2.48. The average molecular weight is 391 g/mol. The van der Waals surface area contributed by atoms with Crippen LogP contribution < -0.4 is 9.64 Å². The number of benzene rings is 2. The Hall–Kier alpha value is -2.70. The first-order valence-electron chi connectivity index (χ1n) is 10.3. The summed E-state index contributed by atoms with van der Waals surface area (Å²) in [5.41, 5.74) is 2.90. The van der Waals surface area contributed by atoms with Crippen LogP contribution in [-0.4, -0.2) is 47.6 Å². The minimum absolute atomic E-state index is 0.0905. The zero-order valence-corrected chi connectivity index (χ0v) is 16.7. The van der Waals surface area contributed by atoms with Gasteiger partial charge in [0, 0.05) is 13.1 Å². The van der Waals surface area contributed by atoms with E-state index in [4.69, 9.17) is 4.74 Å². The molecular weight excluding hydrogens is 366 g/mol. The first-order valence-corrected chi connectivity index (χ1v) is 10.3. The molecule has 0 unspecified atom stereocenters. The molecule has 6 heteroatoms. The molecule has 0 bridgehead atoms. The zero-order chi connectivity index (χ0) is 20.1. The van der Waals surface area contributed by atoms with Gasteiger partial charge in [-0.2, -0.15) is 0 Å². The fraction of sp³-hybridized carbons (Fsp3) is 0.391. The van der Waals surface area contributed by atoms with Crippen LogP contribution in [0.5, 0.6) is 5.75 Å².